The van der Waals surface area contributed by atoms with Crippen molar-refractivity contribution >= 4 is 0 Å². The smallest absolute Gasteiger partial charge is 0.233 e. The largest absolute Gasteiger partial charge is 0.424 e. The lowest BCUT2D eigenvalue weighted by molar-refractivity contribution is 0.380. The summed E-state index contributed by atoms with van der Waals surface area (Å²) in [6, 6.07) is 0.209. The highest BCUT2D eigenvalue weighted by Gasteiger charge is 2.14. The first-order valence-electron chi connectivity index (χ1n) is 4.81. The van der Waals surface area contributed by atoms with Crippen LogP contribution in [0.3, 0.4) is 0 Å². The third-order valence-corrected chi connectivity index (χ3v) is 1.89. The number of hydrogen-bond donors (Lipinski definition) is 1. The highest BCUT2D eigenvalue weighted by atomic mass is 16.4. The Bertz CT molecular complexity index is 247. The molecule has 1 aromatic heterocycles. The zero-order valence-corrected chi connectivity index (χ0v) is 8.50. The van der Waals surface area contributed by atoms with Crippen LogP contribution < -0.4 is 5.32 Å². The Morgan fingerprint density at radius 1 is 1.38 bits per heavy atom. The van der Waals surface area contributed by atoms with E-state index in [0.29, 0.717) is 11.8 Å². The van der Waals surface area contributed by atoms with Crippen molar-refractivity contribution in [2.24, 2.45) is 0 Å². The molecule has 74 valence electrons. The molecule has 0 aromatic carbocycles. The second-order valence-electron chi connectivity index (χ2n) is 3.07. The molecule has 1 heterocycles. The normalized spacial score (nSPS) is 13.2. The molecule has 1 atom stereocenters. The minimum absolute atomic E-state index is 0.209. The fourth-order valence-corrected chi connectivity index (χ4v) is 1.18. The number of nitrogens with one attached hydrogen (secondary N) is 1. The van der Waals surface area contributed by atoms with Crippen LogP contribution in [0.4, 0.5) is 0 Å². The van der Waals surface area contributed by atoms with Gasteiger partial charge >= 0.3 is 0 Å². The number of nitrogens with zero attached hydrogens (tertiary/aromatic N) is 2. The summed E-state index contributed by atoms with van der Waals surface area (Å²) < 4.78 is 5.35. The van der Waals surface area contributed by atoms with Crippen molar-refractivity contribution in [2.75, 3.05) is 6.54 Å². The van der Waals surface area contributed by atoms with E-state index in [1.807, 2.05) is 6.92 Å². The molecule has 1 unspecified atom stereocenters. The molecule has 13 heavy (non-hydrogen) atoms. The molecule has 0 saturated carbocycles. The standard InChI is InChI=1S/C9H17N3O/c1-4-6-10-8(5-2)9-12-11-7(3)13-9/h8,10H,4-6H2,1-3H3. The van der Waals surface area contributed by atoms with Crippen molar-refractivity contribution < 1.29 is 4.42 Å². The second-order valence-corrected chi connectivity index (χ2v) is 3.07. The molecular formula is C9H17N3O. The van der Waals surface area contributed by atoms with Gasteiger partial charge in [-0.1, -0.05) is 13.8 Å². The summed E-state index contributed by atoms with van der Waals surface area (Å²) in [6.45, 7) is 7.04. The van der Waals surface area contributed by atoms with Crippen LogP contribution in [0.15, 0.2) is 4.42 Å². The van der Waals surface area contributed by atoms with Gasteiger partial charge in [-0.15, -0.1) is 10.2 Å². The van der Waals surface area contributed by atoms with Crippen LogP contribution in [0.25, 0.3) is 0 Å². The Morgan fingerprint density at radius 2 is 2.15 bits per heavy atom. The van der Waals surface area contributed by atoms with E-state index in [1.54, 1.807) is 0 Å². The molecule has 0 aliphatic carbocycles. The van der Waals surface area contributed by atoms with Gasteiger partial charge in [0.25, 0.3) is 0 Å². The van der Waals surface area contributed by atoms with E-state index in [0.717, 1.165) is 19.4 Å². The third kappa shape index (κ3) is 2.81. The summed E-state index contributed by atoms with van der Waals surface area (Å²) in [7, 11) is 0. The summed E-state index contributed by atoms with van der Waals surface area (Å²) in [5.74, 6) is 1.33. The zero-order valence-electron chi connectivity index (χ0n) is 8.50. The Kier molecular flexibility index (Phi) is 3.89. The molecule has 1 N–H and O–H groups in total. The molecule has 0 saturated heterocycles. The maximum absolute atomic E-state index is 5.35. The molecule has 0 amide bonds. The van der Waals surface area contributed by atoms with Gasteiger partial charge in [-0.05, 0) is 19.4 Å². The number of aryl methyl sites for hydroxylation is 1. The van der Waals surface area contributed by atoms with Crippen molar-refractivity contribution in [2.45, 2.75) is 39.7 Å². The van der Waals surface area contributed by atoms with Crippen LogP contribution in [0, 0.1) is 6.92 Å². The van der Waals surface area contributed by atoms with Crippen molar-refractivity contribution in [1.29, 1.82) is 0 Å². The topological polar surface area (TPSA) is 51.0 Å². The van der Waals surface area contributed by atoms with E-state index in [9.17, 15) is 0 Å². The third-order valence-electron chi connectivity index (χ3n) is 1.89. The van der Waals surface area contributed by atoms with Crippen LogP contribution in [0.2, 0.25) is 0 Å². The quantitative estimate of drug-likeness (QED) is 0.756. The lowest BCUT2D eigenvalue weighted by Gasteiger charge is -2.11. The van der Waals surface area contributed by atoms with E-state index in [4.69, 9.17) is 4.42 Å². The van der Waals surface area contributed by atoms with Crippen LogP contribution in [0.1, 0.15) is 44.5 Å². The van der Waals surface area contributed by atoms with Gasteiger partial charge in [-0.25, -0.2) is 0 Å². The average molecular weight is 183 g/mol. The van der Waals surface area contributed by atoms with E-state index < -0.39 is 0 Å². The molecule has 0 spiro atoms. The fraction of sp³-hybridized carbons (Fsp3) is 0.778. The van der Waals surface area contributed by atoms with Gasteiger partial charge in [0.2, 0.25) is 11.8 Å². The Hall–Kier alpha value is -0.900. The lowest BCUT2D eigenvalue weighted by atomic mass is 10.2. The zero-order chi connectivity index (χ0) is 9.68. The van der Waals surface area contributed by atoms with Crippen LogP contribution in [-0.4, -0.2) is 16.7 Å². The molecule has 4 heteroatoms. The maximum atomic E-state index is 5.35. The van der Waals surface area contributed by atoms with Crippen molar-refractivity contribution in [3.05, 3.63) is 11.8 Å². The van der Waals surface area contributed by atoms with Gasteiger partial charge in [0.05, 0.1) is 6.04 Å². The van der Waals surface area contributed by atoms with E-state index >= 15 is 0 Å². The van der Waals surface area contributed by atoms with E-state index in [1.165, 1.54) is 0 Å². The summed E-state index contributed by atoms with van der Waals surface area (Å²) in [4.78, 5) is 0. The van der Waals surface area contributed by atoms with Crippen LogP contribution in [-0.2, 0) is 0 Å². The summed E-state index contributed by atoms with van der Waals surface area (Å²) in [5, 5.41) is 11.2. The first-order chi connectivity index (χ1) is 6.27. The Labute approximate surface area is 78.7 Å². The summed E-state index contributed by atoms with van der Waals surface area (Å²) in [6.07, 6.45) is 2.09. The van der Waals surface area contributed by atoms with Gasteiger partial charge in [-0.2, -0.15) is 0 Å². The van der Waals surface area contributed by atoms with Crippen molar-refractivity contribution in [1.82, 2.24) is 15.5 Å². The first-order valence-corrected chi connectivity index (χ1v) is 4.81. The number of aromatic nitrogens is 2. The molecule has 0 aliphatic heterocycles. The van der Waals surface area contributed by atoms with E-state index in [-0.39, 0.29) is 6.04 Å². The predicted molar refractivity (Wildman–Crippen MR) is 50.4 cm³/mol. The van der Waals surface area contributed by atoms with Gasteiger partial charge in [0.1, 0.15) is 0 Å². The van der Waals surface area contributed by atoms with Gasteiger partial charge < -0.3 is 9.73 Å². The van der Waals surface area contributed by atoms with E-state index in [2.05, 4.69) is 29.4 Å². The lowest BCUT2D eigenvalue weighted by Crippen LogP contribution is -2.21. The summed E-state index contributed by atoms with van der Waals surface area (Å²) in [5.41, 5.74) is 0. The number of hydrogen-bond acceptors (Lipinski definition) is 4. The van der Waals surface area contributed by atoms with Gasteiger partial charge in [0.15, 0.2) is 0 Å². The van der Waals surface area contributed by atoms with Crippen molar-refractivity contribution in [3.63, 3.8) is 0 Å². The molecule has 0 aliphatic rings. The molecular weight excluding hydrogens is 166 g/mol. The Morgan fingerprint density at radius 3 is 2.62 bits per heavy atom. The molecule has 1 aromatic rings. The predicted octanol–water partition coefficient (Wildman–Crippen LogP) is 1.83. The Balaban J connectivity index is 2.56. The minimum Gasteiger partial charge on any atom is -0.424 e. The van der Waals surface area contributed by atoms with Gasteiger partial charge in [0, 0.05) is 6.92 Å². The fourth-order valence-electron chi connectivity index (χ4n) is 1.18. The highest BCUT2D eigenvalue weighted by molar-refractivity contribution is 4.88. The minimum atomic E-state index is 0.209. The van der Waals surface area contributed by atoms with Crippen LogP contribution in [0.5, 0.6) is 0 Å². The first kappa shape index (κ1) is 10.2. The molecule has 0 radical (unpaired) electrons. The SMILES string of the molecule is CCCNC(CC)c1nnc(C)o1. The number of rotatable bonds is 5. The second kappa shape index (κ2) is 4.97. The van der Waals surface area contributed by atoms with Crippen molar-refractivity contribution in [3.8, 4) is 0 Å². The van der Waals surface area contributed by atoms with Crippen LogP contribution >= 0.6 is 0 Å². The van der Waals surface area contributed by atoms with Gasteiger partial charge in [-0.3, -0.25) is 0 Å². The highest BCUT2D eigenvalue weighted by Crippen LogP contribution is 2.14. The molecule has 4 nitrogen and oxygen atoms in total. The monoisotopic (exact) mass is 183 g/mol. The summed E-state index contributed by atoms with van der Waals surface area (Å²) >= 11 is 0. The maximum Gasteiger partial charge on any atom is 0.233 e. The molecule has 0 fully saturated rings. The molecule has 1 rings (SSSR count). The average Bonchev–Trinajstić information content (AvgIpc) is 2.54. The molecule has 0 bridgehead atoms.